The first kappa shape index (κ1) is 46.1. The van der Waals surface area contributed by atoms with Crippen molar-refractivity contribution in [2.75, 3.05) is 25.3 Å². The van der Waals surface area contributed by atoms with E-state index in [0.29, 0.717) is 19.1 Å². The van der Waals surface area contributed by atoms with E-state index >= 15 is 0 Å². The van der Waals surface area contributed by atoms with Crippen molar-refractivity contribution in [3.8, 4) is 0 Å². The summed E-state index contributed by atoms with van der Waals surface area (Å²) >= 11 is 0. The Hall–Kier alpha value is -1.75. The Labute approximate surface area is 239 Å². The van der Waals surface area contributed by atoms with Gasteiger partial charge in [0.1, 0.15) is 0 Å². The summed E-state index contributed by atoms with van der Waals surface area (Å²) in [6.07, 6.45) is 8.69. The number of benzene rings is 2. The van der Waals surface area contributed by atoms with Gasteiger partial charge in [0, 0.05) is 19.1 Å². The van der Waals surface area contributed by atoms with Gasteiger partial charge < -0.3 is 9.11 Å². The van der Waals surface area contributed by atoms with Gasteiger partial charge in [0.2, 0.25) is 10.0 Å². The molecule has 14 heteroatoms. The topological polar surface area (TPSA) is 161 Å². The lowest BCUT2D eigenvalue weighted by molar-refractivity contribution is 0.468. The zero-order valence-corrected chi connectivity index (χ0v) is 27.6. The van der Waals surface area contributed by atoms with E-state index < -0.39 is 30.3 Å². The monoisotopic (exact) mass is 631 g/mol. The highest BCUT2D eigenvalue weighted by molar-refractivity contribution is 7.88. The molecule has 0 aliphatic heterocycles. The lowest BCUT2D eigenvalue weighted by Crippen LogP contribution is -2.22. The summed E-state index contributed by atoms with van der Waals surface area (Å²) < 4.78 is 77.4. The van der Waals surface area contributed by atoms with Crippen LogP contribution in [-0.2, 0) is 30.3 Å². The molecule has 0 aliphatic rings. The second-order valence-corrected chi connectivity index (χ2v) is 11.4. The fraction of sp³-hybridized carbons (Fsp3) is 0.250. The Morgan fingerprint density at radius 1 is 0.684 bits per heavy atom. The lowest BCUT2D eigenvalue weighted by Gasteiger charge is -1.95. The Bertz CT molecular complexity index is 1140. The van der Waals surface area contributed by atoms with E-state index in [0.717, 1.165) is 23.8 Å². The smallest absolute Gasteiger partial charge is 0.748 e. The summed E-state index contributed by atoms with van der Waals surface area (Å²) in [4.78, 5) is 0. The van der Waals surface area contributed by atoms with Gasteiger partial charge in [-0.1, -0.05) is 99.5 Å². The summed E-state index contributed by atoms with van der Waals surface area (Å²) in [6, 6.07) is 18.1. The molecule has 0 aliphatic carbocycles. The first-order valence-electron chi connectivity index (χ1n) is 10.1. The largest absolute Gasteiger partial charge is 1.00 e. The second kappa shape index (κ2) is 25.5. The molecule has 2 aromatic rings. The van der Waals surface area contributed by atoms with Gasteiger partial charge in [-0.25, -0.2) is 30.0 Å². The van der Waals surface area contributed by atoms with Crippen LogP contribution in [0.25, 0.3) is 18.2 Å². The van der Waals surface area contributed by atoms with Crippen LogP contribution >= 0.6 is 19.8 Å². The minimum absolute atomic E-state index is 0. The van der Waals surface area contributed by atoms with E-state index in [-0.39, 0.29) is 22.7 Å². The van der Waals surface area contributed by atoms with Crippen LogP contribution in [0.5, 0.6) is 0 Å². The molecule has 9 nitrogen and oxygen atoms in total. The van der Waals surface area contributed by atoms with Gasteiger partial charge in [0.25, 0.3) is 0 Å². The van der Waals surface area contributed by atoms with Crippen molar-refractivity contribution in [3.05, 3.63) is 91.0 Å². The number of hydrogen-bond donors (Lipinski definition) is 1. The van der Waals surface area contributed by atoms with Crippen LogP contribution in [-0.4, -0.2) is 59.7 Å². The number of rotatable bonds is 6. The minimum atomic E-state index is -3.92. The molecule has 1 N–H and O–H groups in total. The fourth-order valence-electron chi connectivity index (χ4n) is 1.64. The third-order valence-corrected chi connectivity index (χ3v) is 3.79. The van der Waals surface area contributed by atoms with Crippen molar-refractivity contribution in [2.45, 2.75) is 13.3 Å². The molecule has 2 aromatic carbocycles. The van der Waals surface area contributed by atoms with E-state index in [1.807, 2.05) is 79.7 Å². The molecule has 0 fully saturated rings. The van der Waals surface area contributed by atoms with Crippen molar-refractivity contribution < 1.29 is 37.2 Å². The predicted molar refractivity (Wildman–Crippen MR) is 172 cm³/mol. The average molecular weight is 632 g/mol. The maximum atomic E-state index is 10.3. The van der Waals surface area contributed by atoms with E-state index in [1.54, 1.807) is 0 Å². The summed E-state index contributed by atoms with van der Waals surface area (Å²) in [5.41, 5.74) is 3.46. The molecule has 0 heterocycles. The molecule has 2 unspecified atom stereocenters. The zero-order chi connectivity index (χ0) is 28.8. The molecule has 220 valence electrons. The maximum absolute atomic E-state index is 10.3. The van der Waals surface area contributed by atoms with Gasteiger partial charge in [0.05, 0.1) is 26.5 Å². The predicted octanol–water partition coefficient (Wildman–Crippen LogP) is 3.91. The van der Waals surface area contributed by atoms with Crippen molar-refractivity contribution in [1.82, 2.24) is 4.72 Å². The molecule has 0 amide bonds. The van der Waals surface area contributed by atoms with Crippen LogP contribution in [0.3, 0.4) is 0 Å². The van der Waals surface area contributed by atoms with Gasteiger partial charge in [0.15, 0.2) is 0 Å². The summed E-state index contributed by atoms with van der Waals surface area (Å²) in [5, 5.41) is 0. The maximum Gasteiger partial charge on any atom is 1.00 e. The van der Waals surface area contributed by atoms with Crippen molar-refractivity contribution >= 4 is 68.3 Å². The molecule has 2 atom stereocenters. The third-order valence-electron chi connectivity index (χ3n) is 3.06. The lowest BCUT2D eigenvalue weighted by atomic mass is 10.1. The first-order valence-corrected chi connectivity index (χ1v) is 15.7. The third kappa shape index (κ3) is 51.0. The SMILES string of the molecule is C=Cc1ccc(C=C)cc1.C=Cc1ccccc1.CCCNS(C)(=O)=O.CS(=O)(=O)[O-].CS(=O)(=O)[O-].P.P.[H+].[H+]. The standard InChI is InChI=1S/C10H10.C8H8.C4H11NO2S.2CH4O3S.2H3P/c1-3-9-5-7-10(4-2)8-6-9;1-2-8-6-4-3-5-7-8;1-3-4-5-8(2,6)7;2*1-5(2,3)4;;/h3-8H,1-2H2;2-7H,1H2;5H,3-4H2,1-2H3;2*1H3,(H,2,3,4);2*1H3. The van der Waals surface area contributed by atoms with Crippen molar-refractivity contribution in [1.29, 1.82) is 0 Å². The van der Waals surface area contributed by atoms with E-state index in [2.05, 4.69) is 24.5 Å². The molecular weight excluding hydrogens is 588 g/mol. The molecule has 0 radical (unpaired) electrons. The van der Waals surface area contributed by atoms with Gasteiger partial charge in [-0.2, -0.15) is 19.8 Å². The van der Waals surface area contributed by atoms with Crippen LogP contribution in [0.1, 0.15) is 32.9 Å². The highest BCUT2D eigenvalue weighted by Gasteiger charge is 1.94. The van der Waals surface area contributed by atoms with Crippen LogP contribution < -0.4 is 4.72 Å². The van der Waals surface area contributed by atoms with Crippen molar-refractivity contribution in [3.63, 3.8) is 0 Å². The van der Waals surface area contributed by atoms with Crippen molar-refractivity contribution in [2.24, 2.45) is 0 Å². The second-order valence-electron chi connectivity index (χ2n) is 6.76. The van der Waals surface area contributed by atoms with E-state index in [4.69, 9.17) is 25.9 Å². The minimum Gasteiger partial charge on any atom is -0.748 e. The highest BCUT2D eigenvalue weighted by atomic mass is 32.2. The first-order chi connectivity index (χ1) is 16.4. The molecular formula is C24H43NO8P2S3. The van der Waals surface area contributed by atoms with Crippen LogP contribution in [0.4, 0.5) is 0 Å². The summed E-state index contributed by atoms with van der Waals surface area (Å²) in [7, 11) is -10.8. The Balaban J connectivity index is -0.0000000680. The Morgan fingerprint density at radius 2 is 0.947 bits per heavy atom. The fourth-order valence-corrected chi connectivity index (χ4v) is 2.22. The van der Waals surface area contributed by atoms with E-state index in [9.17, 15) is 8.42 Å². The Morgan fingerprint density at radius 3 is 1.11 bits per heavy atom. The number of nitrogens with one attached hydrogen (secondary N) is 1. The molecule has 2 rings (SSSR count). The zero-order valence-electron chi connectivity index (χ0n) is 24.4. The quantitative estimate of drug-likeness (QED) is 0.371. The summed E-state index contributed by atoms with van der Waals surface area (Å²) in [5.74, 6) is 0. The van der Waals surface area contributed by atoms with Gasteiger partial charge in [-0.15, -0.1) is 0 Å². The molecule has 0 saturated carbocycles. The van der Waals surface area contributed by atoms with E-state index in [1.165, 1.54) is 5.56 Å². The summed E-state index contributed by atoms with van der Waals surface area (Å²) in [6.45, 7) is 13.4. The number of sulfonamides is 1. The normalized spacial score (nSPS) is 9.63. The van der Waals surface area contributed by atoms with Crippen LogP contribution in [0, 0.1) is 0 Å². The van der Waals surface area contributed by atoms with Gasteiger partial charge in [-0.3, -0.25) is 0 Å². The molecule has 0 saturated heterocycles. The average Bonchev–Trinajstić information content (AvgIpc) is 2.76. The highest BCUT2D eigenvalue weighted by Crippen LogP contribution is 2.05. The van der Waals surface area contributed by atoms with Crippen LogP contribution in [0.2, 0.25) is 0 Å². The molecule has 38 heavy (non-hydrogen) atoms. The Kier molecular flexibility index (Phi) is 31.0. The van der Waals surface area contributed by atoms with Gasteiger partial charge >= 0.3 is 2.85 Å². The van der Waals surface area contributed by atoms with Crippen LogP contribution in [0.15, 0.2) is 74.3 Å². The number of hydrogen-bond acceptors (Lipinski definition) is 8. The molecule has 0 aromatic heterocycles. The molecule has 0 spiro atoms. The van der Waals surface area contributed by atoms with Gasteiger partial charge in [-0.05, 0) is 23.1 Å². The molecule has 0 bridgehead atoms.